The predicted molar refractivity (Wildman–Crippen MR) is 136 cm³/mol. The smallest absolute Gasteiger partial charge is 0.124 e. The van der Waals surface area contributed by atoms with Gasteiger partial charge in [-0.3, -0.25) is 4.98 Å². The van der Waals surface area contributed by atoms with Crippen molar-refractivity contribution in [1.82, 2.24) is 9.97 Å². The molecule has 5 nitrogen and oxygen atoms in total. The van der Waals surface area contributed by atoms with Gasteiger partial charge in [-0.2, -0.15) is 0 Å². The van der Waals surface area contributed by atoms with E-state index in [1.807, 2.05) is 84.9 Å². The van der Waals surface area contributed by atoms with Gasteiger partial charge in [-0.15, -0.1) is 0 Å². The van der Waals surface area contributed by atoms with E-state index in [0.29, 0.717) is 10.8 Å². The number of methoxy groups -OCH3 is 1. The van der Waals surface area contributed by atoms with Crippen molar-refractivity contribution in [3.8, 4) is 28.1 Å². The summed E-state index contributed by atoms with van der Waals surface area (Å²) in [7, 11) is 1.66. The van der Waals surface area contributed by atoms with E-state index in [1.165, 1.54) is 0 Å². The second kappa shape index (κ2) is 8.81. The second-order valence-corrected chi connectivity index (χ2v) is 8.05. The van der Waals surface area contributed by atoms with Crippen LogP contribution in [0.1, 0.15) is 0 Å². The first-order chi connectivity index (χ1) is 16.1. The number of nitrogen functional groups attached to an aromatic ring is 1. The molecule has 0 aliphatic heterocycles. The average molecular weight is 453 g/mol. The Morgan fingerprint density at radius 1 is 0.818 bits per heavy atom. The highest BCUT2D eigenvalue weighted by atomic mass is 35.5. The van der Waals surface area contributed by atoms with Crippen molar-refractivity contribution in [1.29, 1.82) is 0 Å². The molecule has 3 N–H and O–H groups in total. The van der Waals surface area contributed by atoms with E-state index < -0.39 is 0 Å². The van der Waals surface area contributed by atoms with Crippen LogP contribution in [-0.2, 0) is 0 Å². The summed E-state index contributed by atoms with van der Waals surface area (Å²) in [5.41, 5.74) is 12.7. The van der Waals surface area contributed by atoms with Crippen LogP contribution in [0.15, 0.2) is 91.1 Å². The lowest BCUT2D eigenvalue weighted by atomic mass is 10.0. The van der Waals surface area contributed by atoms with Crippen LogP contribution in [-0.4, -0.2) is 17.1 Å². The summed E-state index contributed by atoms with van der Waals surface area (Å²) in [6.45, 7) is 0. The third kappa shape index (κ3) is 4.45. The third-order valence-electron chi connectivity index (χ3n) is 5.43. The van der Waals surface area contributed by atoms with Crippen LogP contribution >= 0.6 is 11.6 Å². The van der Waals surface area contributed by atoms with Gasteiger partial charge in [-0.1, -0.05) is 35.9 Å². The summed E-state index contributed by atoms with van der Waals surface area (Å²) in [5, 5.41) is 5.14. The largest absolute Gasteiger partial charge is 0.497 e. The Labute approximate surface area is 196 Å². The molecule has 33 heavy (non-hydrogen) atoms. The minimum atomic E-state index is 0.474. The first-order valence-corrected chi connectivity index (χ1v) is 10.8. The van der Waals surface area contributed by atoms with Crippen molar-refractivity contribution >= 4 is 39.7 Å². The van der Waals surface area contributed by atoms with Crippen LogP contribution in [0.3, 0.4) is 0 Å². The number of halogens is 1. The SMILES string of the molecule is COc1ccc(-c2cc(N)nc(-c3ccc(Nc4ccnc5cc(Cl)ccc45)cc3)c2)cc1. The molecule has 0 amide bonds. The number of pyridine rings is 2. The van der Waals surface area contributed by atoms with Crippen LogP contribution in [0.2, 0.25) is 5.02 Å². The van der Waals surface area contributed by atoms with E-state index in [4.69, 9.17) is 22.1 Å². The molecule has 2 aromatic heterocycles. The lowest BCUT2D eigenvalue weighted by Gasteiger charge is -2.11. The standard InChI is InChI=1S/C27H21ClN4O/c1-33-22-9-4-17(5-10-22)19-14-25(32-27(29)15-19)18-2-7-21(8-3-18)31-24-12-13-30-26-16-20(28)6-11-23(24)26/h2-16H,1H3,(H2,29,32)(H,30,31). The molecule has 0 aliphatic carbocycles. The Bertz CT molecular complexity index is 1430. The summed E-state index contributed by atoms with van der Waals surface area (Å²) in [5.74, 6) is 1.29. The highest BCUT2D eigenvalue weighted by molar-refractivity contribution is 6.31. The third-order valence-corrected chi connectivity index (χ3v) is 5.67. The fourth-order valence-electron chi connectivity index (χ4n) is 3.76. The molecule has 0 saturated heterocycles. The van der Waals surface area contributed by atoms with Gasteiger partial charge in [0.15, 0.2) is 0 Å². The molecule has 0 fully saturated rings. The number of nitrogens with one attached hydrogen (secondary N) is 1. The Morgan fingerprint density at radius 2 is 1.58 bits per heavy atom. The van der Waals surface area contributed by atoms with Gasteiger partial charge in [0.1, 0.15) is 11.6 Å². The molecule has 0 spiro atoms. The van der Waals surface area contributed by atoms with Crippen molar-refractivity contribution in [3.05, 3.63) is 96.1 Å². The first kappa shape index (κ1) is 20.8. The van der Waals surface area contributed by atoms with Crippen molar-refractivity contribution in [3.63, 3.8) is 0 Å². The van der Waals surface area contributed by atoms with Gasteiger partial charge >= 0.3 is 0 Å². The predicted octanol–water partition coefficient (Wildman–Crippen LogP) is 6.95. The molecule has 3 aromatic carbocycles. The van der Waals surface area contributed by atoms with Crippen LogP contribution in [0, 0.1) is 0 Å². The molecule has 0 saturated carbocycles. The zero-order chi connectivity index (χ0) is 22.8. The fourth-order valence-corrected chi connectivity index (χ4v) is 3.93. The molecule has 0 radical (unpaired) electrons. The molecule has 5 aromatic rings. The lowest BCUT2D eigenvalue weighted by Crippen LogP contribution is -1.95. The Kier molecular flexibility index (Phi) is 5.55. The molecule has 5 rings (SSSR count). The fraction of sp³-hybridized carbons (Fsp3) is 0.0370. The van der Waals surface area contributed by atoms with E-state index in [2.05, 4.69) is 15.3 Å². The highest BCUT2D eigenvalue weighted by Crippen LogP contribution is 2.31. The number of nitrogens with two attached hydrogens (primary N) is 1. The molecule has 0 aliphatic rings. The number of ether oxygens (including phenoxy) is 1. The van der Waals surface area contributed by atoms with Gasteiger partial charge in [-0.05, 0) is 71.8 Å². The molecular weight excluding hydrogens is 432 g/mol. The number of rotatable bonds is 5. The van der Waals surface area contributed by atoms with Crippen LogP contribution in [0.4, 0.5) is 17.2 Å². The molecule has 2 heterocycles. The molecule has 162 valence electrons. The zero-order valence-electron chi connectivity index (χ0n) is 17.9. The maximum absolute atomic E-state index is 6.12. The van der Waals surface area contributed by atoms with Gasteiger partial charge in [0.25, 0.3) is 0 Å². The number of hydrogen-bond donors (Lipinski definition) is 2. The molecule has 6 heteroatoms. The Balaban J connectivity index is 1.42. The number of aromatic nitrogens is 2. The molecular formula is C27H21ClN4O. The number of benzene rings is 3. The summed E-state index contributed by atoms with van der Waals surface area (Å²) >= 11 is 6.10. The summed E-state index contributed by atoms with van der Waals surface area (Å²) in [6, 6.07) is 27.6. The molecule has 0 unspecified atom stereocenters. The summed E-state index contributed by atoms with van der Waals surface area (Å²) in [6.07, 6.45) is 1.77. The topological polar surface area (TPSA) is 73.1 Å². The van der Waals surface area contributed by atoms with Crippen molar-refractivity contribution in [2.45, 2.75) is 0 Å². The minimum absolute atomic E-state index is 0.474. The van der Waals surface area contributed by atoms with Gasteiger partial charge in [0.05, 0.1) is 18.3 Å². The molecule has 0 bridgehead atoms. The average Bonchev–Trinajstić information content (AvgIpc) is 2.84. The number of nitrogens with zero attached hydrogens (tertiary/aromatic N) is 2. The monoisotopic (exact) mass is 452 g/mol. The van der Waals surface area contributed by atoms with Crippen molar-refractivity contribution < 1.29 is 4.74 Å². The first-order valence-electron chi connectivity index (χ1n) is 10.4. The quantitative estimate of drug-likeness (QED) is 0.302. The minimum Gasteiger partial charge on any atom is -0.497 e. The van der Waals surface area contributed by atoms with Gasteiger partial charge < -0.3 is 15.8 Å². The van der Waals surface area contributed by atoms with Crippen molar-refractivity contribution in [2.24, 2.45) is 0 Å². The van der Waals surface area contributed by atoms with Crippen LogP contribution in [0.25, 0.3) is 33.3 Å². The maximum atomic E-state index is 6.12. The highest BCUT2D eigenvalue weighted by Gasteiger charge is 2.08. The van der Waals surface area contributed by atoms with Gasteiger partial charge in [-0.25, -0.2) is 4.98 Å². The van der Waals surface area contributed by atoms with E-state index >= 15 is 0 Å². The second-order valence-electron chi connectivity index (χ2n) is 7.62. The zero-order valence-corrected chi connectivity index (χ0v) is 18.7. The Hall–Kier alpha value is -4.09. The van der Waals surface area contributed by atoms with E-state index in [9.17, 15) is 0 Å². The number of fused-ring (bicyclic) bond motifs is 1. The number of hydrogen-bond acceptors (Lipinski definition) is 5. The molecule has 0 atom stereocenters. The lowest BCUT2D eigenvalue weighted by molar-refractivity contribution is 0.415. The van der Waals surface area contributed by atoms with Crippen LogP contribution < -0.4 is 15.8 Å². The number of anilines is 3. The van der Waals surface area contributed by atoms with Gasteiger partial charge in [0.2, 0.25) is 0 Å². The van der Waals surface area contributed by atoms with Crippen LogP contribution in [0.5, 0.6) is 5.75 Å². The van der Waals surface area contributed by atoms with E-state index in [0.717, 1.165) is 50.4 Å². The van der Waals surface area contributed by atoms with E-state index in [-0.39, 0.29) is 0 Å². The summed E-state index contributed by atoms with van der Waals surface area (Å²) in [4.78, 5) is 8.94. The maximum Gasteiger partial charge on any atom is 0.124 e. The normalized spacial score (nSPS) is 10.8. The van der Waals surface area contributed by atoms with E-state index in [1.54, 1.807) is 13.3 Å². The van der Waals surface area contributed by atoms with Gasteiger partial charge in [0, 0.05) is 33.5 Å². The van der Waals surface area contributed by atoms with Crippen molar-refractivity contribution in [2.75, 3.05) is 18.2 Å². The summed E-state index contributed by atoms with van der Waals surface area (Å²) < 4.78 is 5.25. The Morgan fingerprint density at radius 3 is 2.33 bits per heavy atom.